The average Bonchev–Trinajstić information content (AvgIpc) is 3.35. The molecule has 0 aromatic heterocycles. The Morgan fingerprint density at radius 3 is 1.25 bits per heavy atom. The molecule has 9 heteroatoms. The maximum atomic E-state index is 12.9. The number of hydrogen-bond acceptors (Lipinski definition) is 9. The topological polar surface area (TPSA) is 135 Å². The van der Waals surface area contributed by atoms with Gasteiger partial charge in [0.1, 0.15) is 30.5 Å². The molecule has 6 unspecified atom stereocenters. The molecule has 0 amide bonds. The molecule has 1 saturated heterocycles. The number of aliphatic hydroxyl groups is 4. The van der Waals surface area contributed by atoms with Crippen LogP contribution in [0.2, 0.25) is 0 Å². The minimum absolute atomic E-state index is 0.108. The third-order valence-corrected chi connectivity index (χ3v) is 14.1. The van der Waals surface area contributed by atoms with E-state index >= 15 is 0 Å². The zero-order valence-corrected chi connectivity index (χ0v) is 45.3. The molecule has 1 aliphatic heterocycles. The van der Waals surface area contributed by atoms with Gasteiger partial charge in [0.2, 0.25) is 0 Å². The lowest BCUT2D eigenvalue weighted by Crippen LogP contribution is -2.59. The molecule has 0 spiro atoms. The number of esters is 1. The number of hydrogen-bond donors (Lipinski definition) is 4. The van der Waals surface area contributed by atoms with Crippen molar-refractivity contribution >= 4 is 5.97 Å². The molecule has 408 valence electrons. The summed E-state index contributed by atoms with van der Waals surface area (Å²) in [5.41, 5.74) is 0. The highest BCUT2D eigenvalue weighted by molar-refractivity contribution is 5.69. The fraction of sp³-hybridized carbons (Fsp3) is 0.917. The molecule has 0 aromatic carbocycles. The Bertz CT molecular complexity index is 1110. The van der Waals surface area contributed by atoms with Crippen molar-refractivity contribution in [3.05, 3.63) is 24.3 Å². The van der Waals surface area contributed by atoms with E-state index in [0.717, 1.165) is 38.5 Å². The number of carbonyl (C=O) groups excluding carboxylic acids is 1. The standard InChI is InChI=1S/C60H114O9/c1-3-5-7-9-11-13-15-17-19-21-23-25-26-27-28-29-30-32-34-36-38-40-42-44-46-48-50-66-52-54(53-67-60-59(65)58(64)57(63)55(51-61)69-60)68-56(62)49-47-45-43-41-39-37-35-33-31-24-22-20-18-16-14-12-10-8-6-4-2/h15,17,21,23,54-55,57-61,63-65H,3-14,16,18-20,22,24-53H2,1-2H3/b17-15-,23-21-. The van der Waals surface area contributed by atoms with Crippen LogP contribution < -0.4 is 0 Å². The first-order valence-corrected chi connectivity index (χ1v) is 29.9. The quantitative estimate of drug-likeness (QED) is 0.0267. The summed E-state index contributed by atoms with van der Waals surface area (Å²) in [5.74, 6) is -0.306. The van der Waals surface area contributed by atoms with E-state index in [-0.39, 0.29) is 19.2 Å². The Kier molecular flexibility index (Phi) is 49.1. The van der Waals surface area contributed by atoms with Gasteiger partial charge in [0.05, 0.1) is 19.8 Å². The molecule has 9 nitrogen and oxygen atoms in total. The predicted molar refractivity (Wildman–Crippen MR) is 289 cm³/mol. The normalized spacial score (nSPS) is 19.1. The van der Waals surface area contributed by atoms with Crippen LogP contribution in [0.4, 0.5) is 0 Å². The van der Waals surface area contributed by atoms with Crippen molar-refractivity contribution in [2.75, 3.05) is 26.4 Å². The van der Waals surface area contributed by atoms with Crippen LogP contribution in [0.5, 0.6) is 0 Å². The molecular weight excluding hydrogens is 865 g/mol. The van der Waals surface area contributed by atoms with E-state index in [4.69, 9.17) is 18.9 Å². The second-order valence-electron chi connectivity index (χ2n) is 20.8. The van der Waals surface area contributed by atoms with E-state index < -0.39 is 43.4 Å². The summed E-state index contributed by atoms with van der Waals surface area (Å²) in [6, 6.07) is 0. The van der Waals surface area contributed by atoms with Gasteiger partial charge in [0.15, 0.2) is 6.29 Å². The lowest BCUT2D eigenvalue weighted by Gasteiger charge is -2.39. The highest BCUT2D eigenvalue weighted by atomic mass is 16.7. The van der Waals surface area contributed by atoms with Crippen molar-refractivity contribution < 1.29 is 44.2 Å². The number of rotatable bonds is 53. The summed E-state index contributed by atoms with van der Waals surface area (Å²) in [5, 5.41) is 40.4. The third kappa shape index (κ3) is 41.8. The lowest BCUT2D eigenvalue weighted by atomic mass is 9.99. The van der Waals surface area contributed by atoms with Crippen molar-refractivity contribution in [1.29, 1.82) is 0 Å². The first-order valence-electron chi connectivity index (χ1n) is 29.9. The number of carbonyl (C=O) groups is 1. The number of ether oxygens (including phenoxy) is 4. The summed E-state index contributed by atoms with van der Waals surface area (Å²) in [6.07, 6.45) is 56.6. The molecule has 69 heavy (non-hydrogen) atoms. The van der Waals surface area contributed by atoms with Gasteiger partial charge in [-0.15, -0.1) is 0 Å². The maximum Gasteiger partial charge on any atom is 0.306 e. The average molecular weight is 980 g/mol. The molecule has 0 bridgehead atoms. The largest absolute Gasteiger partial charge is 0.457 e. The van der Waals surface area contributed by atoms with E-state index in [1.54, 1.807) is 0 Å². The molecular formula is C60H114O9. The molecule has 0 aliphatic carbocycles. The zero-order chi connectivity index (χ0) is 49.9. The lowest BCUT2D eigenvalue weighted by molar-refractivity contribution is -0.305. The Morgan fingerprint density at radius 2 is 0.841 bits per heavy atom. The minimum Gasteiger partial charge on any atom is -0.457 e. The van der Waals surface area contributed by atoms with Gasteiger partial charge < -0.3 is 39.4 Å². The molecule has 6 atom stereocenters. The first-order chi connectivity index (χ1) is 33.9. The van der Waals surface area contributed by atoms with Crippen molar-refractivity contribution in [3.63, 3.8) is 0 Å². The summed E-state index contributed by atoms with van der Waals surface area (Å²) < 4.78 is 23.0. The van der Waals surface area contributed by atoms with Crippen molar-refractivity contribution in [2.24, 2.45) is 0 Å². The van der Waals surface area contributed by atoms with Crippen LogP contribution in [0.15, 0.2) is 24.3 Å². The smallest absolute Gasteiger partial charge is 0.306 e. The summed E-state index contributed by atoms with van der Waals surface area (Å²) >= 11 is 0. The van der Waals surface area contributed by atoms with Crippen LogP contribution >= 0.6 is 0 Å². The minimum atomic E-state index is -1.53. The van der Waals surface area contributed by atoms with Gasteiger partial charge >= 0.3 is 5.97 Å². The van der Waals surface area contributed by atoms with Crippen LogP contribution in [-0.2, 0) is 23.7 Å². The Hall–Kier alpha value is -1.33. The van der Waals surface area contributed by atoms with E-state index in [1.165, 1.54) is 231 Å². The zero-order valence-electron chi connectivity index (χ0n) is 45.3. The van der Waals surface area contributed by atoms with Gasteiger partial charge in [-0.05, 0) is 44.9 Å². The highest BCUT2D eigenvalue weighted by Crippen LogP contribution is 2.23. The van der Waals surface area contributed by atoms with Gasteiger partial charge in [0, 0.05) is 13.0 Å². The second kappa shape index (κ2) is 51.6. The number of aliphatic hydroxyl groups excluding tert-OH is 4. The molecule has 0 saturated carbocycles. The van der Waals surface area contributed by atoms with Crippen LogP contribution in [0.3, 0.4) is 0 Å². The summed E-state index contributed by atoms with van der Waals surface area (Å²) in [6.45, 7) is 4.61. The maximum absolute atomic E-state index is 12.9. The fourth-order valence-electron chi connectivity index (χ4n) is 9.47. The Labute approximate surface area is 426 Å². The first kappa shape index (κ1) is 65.7. The third-order valence-electron chi connectivity index (χ3n) is 14.1. The molecule has 1 rings (SSSR count). The van der Waals surface area contributed by atoms with E-state index in [1.807, 2.05) is 0 Å². The van der Waals surface area contributed by atoms with Gasteiger partial charge in [-0.25, -0.2) is 0 Å². The Balaban J connectivity index is 2.12. The van der Waals surface area contributed by atoms with Crippen molar-refractivity contribution in [3.8, 4) is 0 Å². The van der Waals surface area contributed by atoms with Crippen LogP contribution in [0, 0.1) is 0 Å². The van der Waals surface area contributed by atoms with Crippen molar-refractivity contribution in [1.82, 2.24) is 0 Å². The van der Waals surface area contributed by atoms with E-state index in [0.29, 0.717) is 13.0 Å². The van der Waals surface area contributed by atoms with Crippen molar-refractivity contribution in [2.45, 2.75) is 327 Å². The van der Waals surface area contributed by atoms with Gasteiger partial charge in [-0.3, -0.25) is 4.79 Å². The fourth-order valence-corrected chi connectivity index (χ4v) is 9.47. The predicted octanol–water partition coefficient (Wildman–Crippen LogP) is 15.7. The molecule has 0 aromatic rings. The monoisotopic (exact) mass is 979 g/mol. The molecule has 1 aliphatic rings. The van der Waals surface area contributed by atoms with Crippen LogP contribution in [0.1, 0.15) is 290 Å². The summed E-state index contributed by atoms with van der Waals surface area (Å²) in [4.78, 5) is 12.9. The SMILES string of the molecule is CCCCCCC/C=C\C/C=C\CCCCCCCCCCCCCCCCOCC(COC1OC(CO)C(O)C(O)C1O)OC(=O)CCCCCCCCCCCCCCCCCCCCCC. The molecule has 1 fully saturated rings. The highest BCUT2D eigenvalue weighted by Gasteiger charge is 2.44. The van der Waals surface area contributed by atoms with Crippen LogP contribution in [0.25, 0.3) is 0 Å². The number of allylic oxidation sites excluding steroid dienone is 4. The van der Waals surface area contributed by atoms with Gasteiger partial charge in [-0.1, -0.05) is 263 Å². The van der Waals surface area contributed by atoms with Crippen LogP contribution in [-0.4, -0.2) is 89.6 Å². The van der Waals surface area contributed by atoms with Gasteiger partial charge in [-0.2, -0.15) is 0 Å². The van der Waals surface area contributed by atoms with Gasteiger partial charge in [0.25, 0.3) is 0 Å². The van der Waals surface area contributed by atoms with E-state index in [9.17, 15) is 25.2 Å². The second-order valence-corrected chi connectivity index (χ2v) is 20.8. The number of unbranched alkanes of at least 4 members (excludes halogenated alkanes) is 38. The Morgan fingerprint density at radius 1 is 0.464 bits per heavy atom. The molecule has 1 heterocycles. The van der Waals surface area contributed by atoms with E-state index in [2.05, 4.69) is 38.2 Å². The summed E-state index contributed by atoms with van der Waals surface area (Å²) in [7, 11) is 0. The molecule has 0 radical (unpaired) electrons. The molecule has 4 N–H and O–H groups in total.